The summed E-state index contributed by atoms with van der Waals surface area (Å²) in [7, 11) is 3.68. The van der Waals surface area contributed by atoms with E-state index in [1.54, 1.807) is 7.11 Å². The predicted molar refractivity (Wildman–Crippen MR) is 85.7 cm³/mol. The molecule has 22 heavy (non-hydrogen) atoms. The molecular formula is C16H28N4O2. The molecule has 0 N–H and O–H groups in total. The lowest BCUT2D eigenvalue weighted by Gasteiger charge is -2.33. The van der Waals surface area contributed by atoms with E-state index in [4.69, 9.17) is 4.74 Å². The fourth-order valence-corrected chi connectivity index (χ4v) is 2.75. The zero-order valence-corrected chi connectivity index (χ0v) is 14.4. The monoisotopic (exact) mass is 308 g/mol. The van der Waals surface area contributed by atoms with Gasteiger partial charge in [0.1, 0.15) is 0 Å². The highest BCUT2D eigenvalue weighted by molar-refractivity contribution is 5.78. The Bertz CT molecular complexity index is 512. The molecule has 0 aliphatic carbocycles. The van der Waals surface area contributed by atoms with E-state index in [-0.39, 0.29) is 11.8 Å². The molecule has 1 aliphatic rings. The Morgan fingerprint density at radius 2 is 2.27 bits per heavy atom. The largest absolute Gasteiger partial charge is 0.384 e. The predicted octanol–water partition coefficient (Wildman–Crippen LogP) is 1.32. The molecule has 0 saturated carbocycles. The average molecular weight is 308 g/mol. The third kappa shape index (κ3) is 3.67. The first-order valence-corrected chi connectivity index (χ1v) is 7.99. The molecule has 1 aromatic rings. The topological polar surface area (TPSA) is 50.6 Å². The Hall–Kier alpha value is -1.40. The van der Waals surface area contributed by atoms with Gasteiger partial charge in [0.2, 0.25) is 5.91 Å². The van der Waals surface area contributed by atoms with Crippen molar-refractivity contribution in [3.05, 3.63) is 17.5 Å². The van der Waals surface area contributed by atoms with Gasteiger partial charge in [-0.15, -0.1) is 0 Å². The van der Waals surface area contributed by atoms with Gasteiger partial charge in [-0.05, 0) is 27.8 Å². The van der Waals surface area contributed by atoms with Crippen molar-refractivity contribution < 1.29 is 9.53 Å². The number of aryl methyl sites for hydroxylation is 1. The van der Waals surface area contributed by atoms with E-state index < -0.39 is 0 Å². The van der Waals surface area contributed by atoms with Gasteiger partial charge < -0.3 is 9.64 Å². The van der Waals surface area contributed by atoms with Crippen LogP contribution in [-0.2, 0) is 22.6 Å². The molecular weight excluding hydrogens is 280 g/mol. The Labute approximate surface area is 133 Å². The first kappa shape index (κ1) is 17.0. The maximum Gasteiger partial charge on any atom is 0.237 e. The number of carbonyl (C=O) groups excluding carboxylic acids is 1. The second-order valence-corrected chi connectivity index (χ2v) is 6.33. The minimum absolute atomic E-state index is 0.162. The summed E-state index contributed by atoms with van der Waals surface area (Å²) < 4.78 is 7.28. The molecule has 0 bridgehead atoms. The van der Waals surface area contributed by atoms with Crippen molar-refractivity contribution in [2.24, 2.45) is 0 Å². The van der Waals surface area contributed by atoms with Crippen LogP contribution in [0.1, 0.15) is 37.9 Å². The van der Waals surface area contributed by atoms with Gasteiger partial charge in [-0.25, -0.2) is 0 Å². The van der Waals surface area contributed by atoms with Gasteiger partial charge in [0.05, 0.1) is 18.8 Å². The van der Waals surface area contributed by atoms with E-state index in [2.05, 4.69) is 37.0 Å². The van der Waals surface area contributed by atoms with Gasteiger partial charge in [-0.2, -0.15) is 5.10 Å². The van der Waals surface area contributed by atoms with E-state index in [1.807, 2.05) is 16.6 Å². The van der Waals surface area contributed by atoms with Gasteiger partial charge in [-0.3, -0.25) is 14.4 Å². The number of hydrogen-bond donors (Lipinski definition) is 0. The zero-order valence-electron chi connectivity index (χ0n) is 14.4. The van der Waals surface area contributed by atoms with Crippen LogP contribution in [0.25, 0.3) is 0 Å². The zero-order chi connectivity index (χ0) is 16.3. The lowest BCUT2D eigenvalue weighted by atomic mass is 9.97. The summed E-state index contributed by atoms with van der Waals surface area (Å²) in [5.74, 6) is 0.335. The Balaban J connectivity index is 2.14. The lowest BCUT2D eigenvalue weighted by Crippen LogP contribution is -2.45. The molecule has 1 unspecified atom stereocenters. The standard InChI is InChI=1S/C16H28N4O2/c1-6-20-9-13-7-19(15(21)10-18(4)12(2)3)8-14(11-22-5)16(13)17-20/h9,12,14H,6-8,10-11H2,1-5H3. The lowest BCUT2D eigenvalue weighted by molar-refractivity contribution is -0.134. The van der Waals surface area contributed by atoms with Crippen molar-refractivity contribution in [3.63, 3.8) is 0 Å². The summed E-state index contributed by atoms with van der Waals surface area (Å²) >= 11 is 0. The smallest absolute Gasteiger partial charge is 0.237 e. The quantitative estimate of drug-likeness (QED) is 0.795. The van der Waals surface area contributed by atoms with Crippen LogP contribution in [-0.4, -0.2) is 65.4 Å². The normalized spacial score (nSPS) is 18.1. The third-order valence-electron chi connectivity index (χ3n) is 4.37. The molecule has 0 aromatic carbocycles. The van der Waals surface area contributed by atoms with Gasteiger partial charge in [-0.1, -0.05) is 0 Å². The molecule has 0 saturated heterocycles. The van der Waals surface area contributed by atoms with Crippen LogP contribution in [0.15, 0.2) is 6.20 Å². The number of aromatic nitrogens is 2. The highest BCUT2D eigenvalue weighted by Crippen LogP contribution is 2.27. The molecule has 124 valence electrons. The molecule has 6 nitrogen and oxygen atoms in total. The van der Waals surface area contributed by atoms with Crippen LogP contribution >= 0.6 is 0 Å². The van der Waals surface area contributed by atoms with Crippen LogP contribution in [0.4, 0.5) is 0 Å². The number of methoxy groups -OCH3 is 1. The van der Waals surface area contributed by atoms with Crippen LogP contribution in [0.5, 0.6) is 0 Å². The number of fused-ring (bicyclic) bond motifs is 1. The Morgan fingerprint density at radius 1 is 1.55 bits per heavy atom. The highest BCUT2D eigenvalue weighted by Gasteiger charge is 2.31. The number of likely N-dealkylation sites (N-methyl/N-ethyl adjacent to an activating group) is 1. The third-order valence-corrected chi connectivity index (χ3v) is 4.37. The van der Waals surface area contributed by atoms with Crippen molar-refractivity contribution in [3.8, 4) is 0 Å². The van der Waals surface area contributed by atoms with Gasteiger partial charge in [0, 0.05) is 50.5 Å². The Morgan fingerprint density at radius 3 is 2.86 bits per heavy atom. The van der Waals surface area contributed by atoms with Crippen LogP contribution < -0.4 is 0 Å². The van der Waals surface area contributed by atoms with Gasteiger partial charge >= 0.3 is 0 Å². The summed E-state index contributed by atoms with van der Waals surface area (Å²) in [6.07, 6.45) is 2.06. The first-order valence-electron chi connectivity index (χ1n) is 7.99. The molecule has 1 aliphatic heterocycles. The van der Waals surface area contributed by atoms with E-state index in [9.17, 15) is 4.79 Å². The van der Waals surface area contributed by atoms with Gasteiger partial charge in [0.15, 0.2) is 0 Å². The Kier molecular flexibility index (Phi) is 5.58. The molecule has 1 amide bonds. The minimum atomic E-state index is 0.162. The molecule has 1 aromatic heterocycles. The second-order valence-electron chi connectivity index (χ2n) is 6.33. The second kappa shape index (κ2) is 7.24. The number of nitrogens with zero attached hydrogens (tertiary/aromatic N) is 4. The summed E-state index contributed by atoms with van der Waals surface area (Å²) in [6, 6.07) is 0.363. The highest BCUT2D eigenvalue weighted by atomic mass is 16.5. The van der Waals surface area contributed by atoms with Crippen molar-refractivity contribution in [1.82, 2.24) is 19.6 Å². The first-order chi connectivity index (χ1) is 10.5. The molecule has 0 radical (unpaired) electrons. The number of rotatable bonds is 6. The van der Waals surface area contributed by atoms with Crippen molar-refractivity contribution >= 4 is 5.91 Å². The number of ether oxygens (including phenoxy) is 1. The number of carbonyl (C=O) groups is 1. The van der Waals surface area contributed by atoms with Crippen LogP contribution in [0.2, 0.25) is 0 Å². The maximum absolute atomic E-state index is 12.6. The van der Waals surface area contributed by atoms with E-state index >= 15 is 0 Å². The molecule has 6 heteroatoms. The van der Waals surface area contributed by atoms with Crippen molar-refractivity contribution in [1.29, 1.82) is 0 Å². The fraction of sp³-hybridized carbons (Fsp3) is 0.750. The fourth-order valence-electron chi connectivity index (χ4n) is 2.75. The average Bonchev–Trinajstić information content (AvgIpc) is 2.90. The number of amides is 1. The summed E-state index contributed by atoms with van der Waals surface area (Å²) in [5, 5.41) is 4.64. The molecule has 0 fully saturated rings. The summed E-state index contributed by atoms with van der Waals surface area (Å²) in [5.41, 5.74) is 2.24. The molecule has 0 spiro atoms. The maximum atomic E-state index is 12.6. The van der Waals surface area contributed by atoms with Crippen LogP contribution in [0.3, 0.4) is 0 Å². The molecule has 2 heterocycles. The summed E-state index contributed by atoms with van der Waals surface area (Å²) in [6.45, 7) is 9.50. The van der Waals surface area contributed by atoms with Gasteiger partial charge in [0.25, 0.3) is 0 Å². The SMILES string of the molecule is CCn1cc2c(n1)C(COC)CN(C(=O)CN(C)C(C)C)C2. The molecule has 2 rings (SSSR count). The van der Waals surface area contributed by atoms with E-state index in [0.29, 0.717) is 32.3 Å². The minimum Gasteiger partial charge on any atom is -0.384 e. The van der Waals surface area contributed by atoms with Crippen molar-refractivity contribution in [2.75, 3.05) is 33.9 Å². The molecule has 1 atom stereocenters. The van der Waals surface area contributed by atoms with E-state index in [0.717, 1.165) is 17.8 Å². The summed E-state index contributed by atoms with van der Waals surface area (Å²) in [4.78, 5) is 16.6. The van der Waals surface area contributed by atoms with Crippen molar-refractivity contribution in [2.45, 2.75) is 45.8 Å². The van der Waals surface area contributed by atoms with Crippen LogP contribution in [0, 0.1) is 0 Å². The van der Waals surface area contributed by atoms with E-state index in [1.165, 1.54) is 0 Å². The number of hydrogen-bond acceptors (Lipinski definition) is 4.